The Hall–Kier alpha value is -2.09. The lowest BCUT2D eigenvalue weighted by atomic mass is 9.97. The smallest absolute Gasteiger partial charge is 0.309 e. The van der Waals surface area contributed by atoms with Crippen LogP contribution in [0.3, 0.4) is 0 Å². The molecule has 0 saturated carbocycles. The van der Waals surface area contributed by atoms with E-state index in [9.17, 15) is 4.79 Å². The minimum absolute atomic E-state index is 0.00887. The van der Waals surface area contributed by atoms with Gasteiger partial charge >= 0.3 is 5.97 Å². The molecule has 2 heterocycles. The quantitative estimate of drug-likeness (QED) is 0.773. The van der Waals surface area contributed by atoms with Gasteiger partial charge in [-0.3, -0.25) is 4.79 Å². The molecule has 0 amide bonds. The highest BCUT2D eigenvalue weighted by atomic mass is 16.5. The van der Waals surface area contributed by atoms with Gasteiger partial charge in [-0.05, 0) is 31.9 Å². The number of hydrogen-bond donors (Lipinski definition) is 0. The SMILES string of the molecule is CCOC(=O)C1CCN(c2ccc(C#N)cn2)CC1. The van der Waals surface area contributed by atoms with E-state index in [1.54, 1.807) is 12.3 Å². The minimum Gasteiger partial charge on any atom is -0.466 e. The van der Waals surface area contributed by atoms with E-state index in [1.807, 2.05) is 13.0 Å². The lowest BCUT2D eigenvalue weighted by molar-refractivity contribution is -0.148. The highest BCUT2D eigenvalue weighted by molar-refractivity contribution is 5.72. The maximum Gasteiger partial charge on any atom is 0.309 e. The Morgan fingerprint density at radius 2 is 2.26 bits per heavy atom. The first-order valence-corrected chi connectivity index (χ1v) is 6.52. The van der Waals surface area contributed by atoms with Crippen molar-refractivity contribution in [2.75, 3.05) is 24.6 Å². The molecule has 5 heteroatoms. The summed E-state index contributed by atoms with van der Waals surface area (Å²) >= 11 is 0. The number of anilines is 1. The predicted octanol–water partition coefficient (Wildman–Crippen LogP) is 1.73. The lowest BCUT2D eigenvalue weighted by Gasteiger charge is -2.31. The third-order valence-electron chi connectivity index (χ3n) is 3.32. The van der Waals surface area contributed by atoms with Crippen LogP contribution in [-0.4, -0.2) is 30.6 Å². The molecule has 0 spiro atoms. The van der Waals surface area contributed by atoms with Crippen LogP contribution in [0.15, 0.2) is 18.3 Å². The van der Waals surface area contributed by atoms with Gasteiger partial charge in [-0.2, -0.15) is 5.26 Å². The molecule has 0 atom stereocenters. The van der Waals surface area contributed by atoms with Crippen molar-refractivity contribution >= 4 is 11.8 Å². The Balaban J connectivity index is 1.92. The molecule has 19 heavy (non-hydrogen) atoms. The van der Waals surface area contributed by atoms with E-state index >= 15 is 0 Å². The number of piperidine rings is 1. The average Bonchev–Trinajstić information content (AvgIpc) is 2.48. The van der Waals surface area contributed by atoms with E-state index in [-0.39, 0.29) is 11.9 Å². The summed E-state index contributed by atoms with van der Waals surface area (Å²) in [6.07, 6.45) is 3.16. The van der Waals surface area contributed by atoms with Crippen molar-refractivity contribution in [1.29, 1.82) is 5.26 Å². The van der Waals surface area contributed by atoms with Crippen LogP contribution < -0.4 is 4.90 Å². The van der Waals surface area contributed by atoms with Crippen LogP contribution in [0.1, 0.15) is 25.3 Å². The summed E-state index contributed by atoms with van der Waals surface area (Å²) in [6, 6.07) is 5.67. The summed E-state index contributed by atoms with van der Waals surface area (Å²) in [5.74, 6) is 0.783. The molecule has 0 bridgehead atoms. The third kappa shape index (κ3) is 3.22. The number of aromatic nitrogens is 1. The van der Waals surface area contributed by atoms with Gasteiger partial charge < -0.3 is 9.64 Å². The van der Waals surface area contributed by atoms with Gasteiger partial charge in [-0.1, -0.05) is 0 Å². The van der Waals surface area contributed by atoms with Crippen molar-refractivity contribution in [3.8, 4) is 6.07 Å². The van der Waals surface area contributed by atoms with Crippen LogP contribution in [0.5, 0.6) is 0 Å². The Morgan fingerprint density at radius 1 is 1.53 bits per heavy atom. The number of pyridine rings is 1. The molecular weight excluding hydrogens is 242 g/mol. The molecule has 1 aromatic rings. The molecule has 2 rings (SSSR count). The first-order valence-electron chi connectivity index (χ1n) is 6.52. The normalized spacial score (nSPS) is 15.9. The van der Waals surface area contributed by atoms with Gasteiger partial charge in [-0.25, -0.2) is 4.98 Å². The molecule has 1 saturated heterocycles. The minimum atomic E-state index is -0.0880. The summed E-state index contributed by atoms with van der Waals surface area (Å²) < 4.78 is 5.04. The van der Waals surface area contributed by atoms with Crippen molar-refractivity contribution in [1.82, 2.24) is 4.98 Å². The largest absolute Gasteiger partial charge is 0.466 e. The van der Waals surface area contributed by atoms with Crippen LogP contribution in [0.2, 0.25) is 0 Å². The van der Waals surface area contributed by atoms with Crippen LogP contribution >= 0.6 is 0 Å². The van der Waals surface area contributed by atoms with E-state index in [0.29, 0.717) is 12.2 Å². The second-order valence-corrected chi connectivity index (χ2v) is 4.53. The summed E-state index contributed by atoms with van der Waals surface area (Å²) in [5, 5.41) is 8.73. The van der Waals surface area contributed by atoms with Crippen LogP contribution in [0, 0.1) is 17.2 Å². The van der Waals surface area contributed by atoms with Gasteiger partial charge in [0.25, 0.3) is 0 Å². The zero-order chi connectivity index (χ0) is 13.7. The van der Waals surface area contributed by atoms with E-state index in [2.05, 4.69) is 16.0 Å². The van der Waals surface area contributed by atoms with Gasteiger partial charge in [0.15, 0.2) is 0 Å². The van der Waals surface area contributed by atoms with E-state index in [4.69, 9.17) is 10.00 Å². The average molecular weight is 259 g/mol. The number of nitrogens with zero attached hydrogens (tertiary/aromatic N) is 3. The monoisotopic (exact) mass is 259 g/mol. The number of rotatable bonds is 3. The molecule has 5 nitrogen and oxygen atoms in total. The Labute approximate surface area is 112 Å². The molecule has 0 radical (unpaired) electrons. The van der Waals surface area contributed by atoms with Gasteiger partial charge in [-0.15, -0.1) is 0 Å². The fraction of sp³-hybridized carbons (Fsp3) is 0.500. The van der Waals surface area contributed by atoms with E-state index in [1.165, 1.54) is 0 Å². The van der Waals surface area contributed by atoms with Crippen LogP contribution in [-0.2, 0) is 9.53 Å². The zero-order valence-corrected chi connectivity index (χ0v) is 11.0. The second kappa shape index (κ2) is 6.19. The number of carbonyl (C=O) groups is 1. The number of carbonyl (C=O) groups excluding carboxylic acids is 1. The standard InChI is InChI=1S/C14H17N3O2/c1-2-19-14(18)12-5-7-17(8-6-12)13-4-3-11(9-15)10-16-13/h3-4,10,12H,2,5-8H2,1H3. The Morgan fingerprint density at radius 3 is 2.79 bits per heavy atom. The topological polar surface area (TPSA) is 66.2 Å². The zero-order valence-electron chi connectivity index (χ0n) is 11.0. The van der Waals surface area contributed by atoms with Crippen LogP contribution in [0.25, 0.3) is 0 Å². The molecule has 1 aliphatic rings. The molecule has 1 aliphatic heterocycles. The molecule has 1 fully saturated rings. The van der Waals surface area contributed by atoms with E-state index < -0.39 is 0 Å². The Bertz CT molecular complexity index is 470. The molecule has 0 N–H and O–H groups in total. The highest BCUT2D eigenvalue weighted by Crippen LogP contribution is 2.22. The maximum atomic E-state index is 11.6. The molecule has 1 aromatic heterocycles. The Kier molecular flexibility index (Phi) is 4.35. The lowest BCUT2D eigenvalue weighted by Crippen LogP contribution is -2.37. The molecule has 0 unspecified atom stereocenters. The summed E-state index contributed by atoms with van der Waals surface area (Å²) in [6.45, 7) is 3.86. The van der Waals surface area contributed by atoms with Gasteiger partial charge in [0.2, 0.25) is 0 Å². The van der Waals surface area contributed by atoms with Crippen molar-refractivity contribution in [3.05, 3.63) is 23.9 Å². The number of ether oxygens (including phenoxy) is 1. The van der Waals surface area contributed by atoms with E-state index in [0.717, 1.165) is 31.7 Å². The molecule has 0 aromatic carbocycles. The van der Waals surface area contributed by atoms with Gasteiger partial charge in [0.05, 0.1) is 18.1 Å². The van der Waals surface area contributed by atoms with Crippen molar-refractivity contribution in [2.24, 2.45) is 5.92 Å². The molecule has 100 valence electrons. The predicted molar refractivity (Wildman–Crippen MR) is 70.5 cm³/mol. The second-order valence-electron chi connectivity index (χ2n) is 4.53. The first-order chi connectivity index (χ1) is 9.24. The molecular formula is C14H17N3O2. The number of nitriles is 1. The third-order valence-corrected chi connectivity index (χ3v) is 3.32. The van der Waals surface area contributed by atoms with Crippen molar-refractivity contribution in [3.63, 3.8) is 0 Å². The van der Waals surface area contributed by atoms with Crippen molar-refractivity contribution < 1.29 is 9.53 Å². The maximum absolute atomic E-state index is 11.6. The first kappa shape index (κ1) is 13.3. The number of esters is 1. The van der Waals surface area contributed by atoms with Crippen LogP contribution in [0.4, 0.5) is 5.82 Å². The highest BCUT2D eigenvalue weighted by Gasteiger charge is 2.26. The van der Waals surface area contributed by atoms with Gasteiger partial charge in [0.1, 0.15) is 11.9 Å². The molecule has 0 aliphatic carbocycles. The summed E-state index contributed by atoms with van der Waals surface area (Å²) in [5.41, 5.74) is 0.560. The summed E-state index contributed by atoms with van der Waals surface area (Å²) in [7, 11) is 0. The fourth-order valence-corrected chi connectivity index (χ4v) is 2.24. The summed E-state index contributed by atoms with van der Waals surface area (Å²) in [4.78, 5) is 18.0. The fourth-order valence-electron chi connectivity index (χ4n) is 2.24. The van der Waals surface area contributed by atoms with Crippen molar-refractivity contribution in [2.45, 2.75) is 19.8 Å². The van der Waals surface area contributed by atoms with Gasteiger partial charge in [0, 0.05) is 19.3 Å². The number of hydrogen-bond acceptors (Lipinski definition) is 5.